The highest BCUT2D eigenvalue weighted by molar-refractivity contribution is 7.86. The Kier molecular flexibility index (Phi) is 5.48. The van der Waals surface area contributed by atoms with Gasteiger partial charge in [0.15, 0.2) is 0 Å². The van der Waals surface area contributed by atoms with Crippen molar-refractivity contribution in [1.29, 1.82) is 0 Å². The van der Waals surface area contributed by atoms with E-state index in [0.717, 1.165) is 42.0 Å². The van der Waals surface area contributed by atoms with Crippen molar-refractivity contribution in [3.8, 4) is 5.75 Å². The van der Waals surface area contributed by atoms with Gasteiger partial charge in [0.25, 0.3) is 10.1 Å². The second-order valence-electron chi connectivity index (χ2n) is 6.48. The van der Waals surface area contributed by atoms with Crippen LogP contribution in [0.3, 0.4) is 0 Å². The van der Waals surface area contributed by atoms with Crippen molar-refractivity contribution >= 4 is 10.1 Å². The van der Waals surface area contributed by atoms with Crippen molar-refractivity contribution in [2.24, 2.45) is 0 Å². The van der Waals surface area contributed by atoms with Crippen LogP contribution in [0.4, 0.5) is 13.2 Å². The average molecular weight is 400 g/mol. The van der Waals surface area contributed by atoms with Crippen LogP contribution < -0.4 is 4.74 Å². The lowest BCUT2D eigenvalue weighted by Crippen LogP contribution is -2.16. The number of rotatable bonds is 5. The molecule has 146 valence electrons. The Morgan fingerprint density at radius 3 is 2.15 bits per heavy atom. The average Bonchev–Trinajstić information content (AvgIpc) is 3.09. The van der Waals surface area contributed by atoms with Crippen molar-refractivity contribution in [3.63, 3.8) is 0 Å². The van der Waals surface area contributed by atoms with E-state index in [1.54, 1.807) is 7.11 Å². The molecule has 2 aromatic carbocycles. The van der Waals surface area contributed by atoms with Gasteiger partial charge in [-0.25, -0.2) is 0 Å². The number of alkyl halides is 3. The number of hydrogen-bond acceptors (Lipinski definition) is 4. The molecule has 0 N–H and O–H groups in total. The maximum atomic E-state index is 12.6. The normalized spacial score (nSPS) is 20.6. The Morgan fingerprint density at radius 1 is 0.963 bits per heavy atom. The van der Waals surface area contributed by atoms with E-state index in [4.69, 9.17) is 8.92 Å². The number of halogens is 3. The SMILES string of the molecule is COc1ccc(C2CCC(OS(=O)(=O)c3ccc(C(F)(F)F)cc3)C2)cc1. The third-order valence-electron chi connectivity index (χ3n) is 4.70. The summed E-state index contributed by atoms with van der Waals surface area (Å²) >= 11 is 0. The van der Waals surface area contributed by atoms with E-state index in [1.165, 1.54) is 0 Å². The van der Waals surface area contributed by atoms with Crippen LogP contribution in [-0.2, 0) is 20.5 Å². The summed E-state index contributed by atoms with van der Waals surface area (Å²) in [7, 11) is -2.53. The predicted octanol–water partition coefficient (Wildman–Crippen LogP) is 4.76. The molecule has 3 rings (SSSR count). The van der Waals surface area contributed by atoms with Gasteiger partial charge in [-0.3, -0.25) is 4.18 Å². The molecule has 0 amide bonds. The van der Waals surface area contributed by atoms with Gasteiger partial charge in [0.2, 0.25) is 0 Å². The Hall–Kier alpha value is -2.06. The zero-order chi connectivity index (χ0) is 19.7. The summed E-state index contributed by atoms with van der Waals surface area (Å²) in [5, 5.41) is 0. The summed E-state index contributed by atoms with van der Waals surface area (Å²) in [6, 6.07) is 10.9. The van der Waals surface area contributed by atoms with Crippen LogP contribution in [0.1, 0.15) is 36.3 Å². The first kappa shape index (κ1) is 19.7. The predicted molar refractivity (Wildman–Crippen MR) is 93.1 cm³/mol. The highest BCUT2D eigenvalue weighted by atomic mass is 32.2. The van der Waals surface area contributed by atoms with E-state index in [-0.39, 0.29) is 10.8 Å². The van der Waals surface area contributed by atoms with Gasteiger partial charge in [-0.15, -0.1) is 0 Å². The van der Waals surface area contributed by atoms with E-state index < -0.39 is 28.0 Å². The van der Waals surface area contributed by atoms with E-state index >= 15 is 0 Å². The van der Waals surface area contributed by atoms with Gasteiger partial charge in [-0.2, -0.15) is 21.6 Å². The summed E-state index contributed by atoms with van der Waals surface area (Å²) in [4.78, 5) is -0.275. The van der Waals surface area contributed by atoms with Crippen LogP contribution in [-0.4, -0.2) is 21.6 Å². The number of methoxy groups -OCH3 is 1. The second-order valence-corrected chi connectivity index (χ2v) is 8.05. The van der Waals surface area contributed by atoms with Crippen LogP contribution in [0.25, 0.3) is 0 Å². The fraction of sp³-hybridized carbons (Fsp3) is 0.368. The Morgan fingerprint density at radius 2 is 1.59 bits per heavy atom. The van der Waals surface area contributed by atoms with Crippen LogP contribution in [0.2, 0.25) is 0 Å². The molecule has 27 heavy (non-hydrogen) atoms. The molecule has 0 radical (unpaired) electrons. The molecule has 1 fully saturated rings. The van der Waals surface area contributed by atoms with Gasteiger partial charge in [0.05, 0.1) is 23.7 Å². The summed E-state index contributed by atoms with van der Waals surface area (Å²) in [5.74, 6) is 0.915. The van der Waals surface area contributed by atoms with Crippen molar-refractivity contribution < 1.29 is 30.5 Å². The van der Waals surface area contributed by atoms with Crippen LogP contribution in [0.5, 0.6) is 5.75 Å². The molecule has 2 unspecified atom stereocenters. The van der Waals surface area contributed by atoms with Gasteiger partial charge >= 0.3 is 6.18 Å². The molecule has 1 aliphatic carbocycles. The molecule has 1 saturated carbocycles. The molecule has 0 saturated heterocycles. The minimum absolute atomic E-state index is 0.170. The fourth-order valence-electron chi connectivity index (χ4n) is 3.25. The molecule has 1 aliphatic rings. The van der Waals surface area contributed by atoms with Gasteiger partial charge < -0.3 is 4.74 Å². The van der Waals surface area contributed by atoms with Crippen molar-refractivity contribution in [2.45, 2.75) is 42.4 Å². The molecule has 8 heteroatoms. The van der Waals surface area contributed by atoms with E-state index in [9.17, 15) is 21.6 Å². The van der Waals surface area contributed by atoms with Crippen molar-refractivity contribution in [3.05, 3.63) is 59.7 Å². The fourth-order valence-corrected chi connectivity index (χ4v) is 4.37. The zero-order valence-electron chi connectivity index (χ0n) is 14.6. The molecule has 4 nitrogen and oxygen atoms in total. The summed E-state index contributed by atoms with van der Waals surface area (Å²) in [6.45, 7) is 0. The minimum atomic E-state index is -4.51. The van der Waals surface area contributed by atoms with Gasteiger partial charge in [0.1, 0.15) is 5.75 Å². The quantitative estimate of drug-likeness (QED) is 0.680. The van der Waals surface area contributed by atoms with Crippen molar-refractivity contribution in [2.75, 3.05) is 7.11 Å². The second kappa shape index (κ2) is 7.52. The molecule has 2 aromatic rings. The molecule has 0 bridgehead atoms. The van der Waals surface area contributed by atoms with Crippen molar-refractivity contribution in [1.82, 2.24) is 0 Å². The third-order valence-corrected chi connectivity index (χ3v) is 6.08. The largest absolute Gasteiger partial charge is 0.497 e. The molecular formula is C19H19F3O4S. The van der Waals surface area contributed by atoms with E-state index in [0.29, 0.717) is 12.8 Å². The molecule has 0 aromatic heterocycles. The summed E-state index contributed by atoms with van der Waals surface area (Å²) in [5.41, 5.74) is 0.177. The van der Waals surface area contributed by atoms with E-state index in [1.807, 2.05) is 24.3 Å². The standard InChI is InChI=1S/C19H19F3O4S/c1-25-16-7-2-13(3-8-16)14-4-9-17(12-14)26-27(23,24)18-10-5-15(6-11-18)19(20,21)22/h2-3,5-8,10-11,14,17H,4,9,12H2,1H3. The van der Waals surface area contributed by atoms with E-state index in [2.05, 4.69) is 0 Å². The smallest absolute Gasteiger partial charge is 0.416 e. The lowest BCUT2D eigenvalue weighted by atomic mass is 9.98. The molecular weight excluding hydrogens is 381 g/mol. The number of hydrogen-bond donors (Lipinski definition) is 0. The number of ether oxygens (including phenoxy) is 1. The maximum absolute atomic E-state index is 12.6. The zero-order valence-corrected chi connectivity index (χ0v) is 15.4. The van der Waals surface area contributed by atoms with Crippen LogP contribution >= 0.6 is 0 Å². The minimum Gasteiger partial charge on any atom is -0.497 e. The Bertz CT molecular complexity index is 875. The summed E-state index contributed by atoms with van der Waals surface area (Å²) < 4.78 is 72.9. The topological polar surface area (TPSA) is 52.6 Å². The summed E-state index contributed by atoms with van der Waals surface area (Å²) in [6.07, 6.45) is -3.13. The lowest BCUT2D eigenvalue weighted by Gasteiger charge is -2.14. The highest BCUT2D eigenvalue weighted by Crippen LogP contribution is 2.38. The molecule has 0 spiro atoms. The first-order valence-electron chi connectivity index (χ1n) is 8.43. The molecule has 0 heterocycles. The highest BCUT2D eigenvalue weighted by Gasteiger charge is 2.33. The van der Waals surface area contributed by atoms with Crippen LogP contribution in [0.15, 0.2) is 53.4 Å². The first-order valence-corrected chi connectivity index (χ1v) is 9.84. The Balaban J connectivity index is 1.66. The van der Waals surface area contributed by atoms with Gasteiger partial charge in [-0.1, -0.05) is 12.1 Å². The molecule has 0 aliphatic heterocycles. The molecule has 2 atom stereocenters. The monoisotopic (exact) mass is 400 g/mol. The third kappa shape index (κ3) is 4.62. The maximum Gasteiger partial charge on any atom is 0.416 e. The van der Waals surface area contributed by atoms with Gasteiger partial charge in [0, 0.05) is 0 Å². The lowest BCUT2D eigenvalue weighted by molar-refractivity contribution is -0.137. The van der Waals surface area contributed by atoms with Gasteiger partial charge in [-0.05, 0) is 67.1 Å². The first-order chi connectivity index (χ1) is 12.7. The van der Waals surface area contributed by atoms with Crippen LogP contribution in [0, 0.1) is 0 Å². The Labute approximate surface area is 156 Å². The number of benzene rings is 2.